The third-order valence-corrected chi connectivity index (χ3v) is 10.2. The van der Waals surface area contributed by atoms with Crippen LogP contribution in [-0.2, 0) is 28.6 Å². The molecule has 0 aliphatic rings. The van der Waals surface area contributed by atoms with Crippen LogP contribution >= 0.6 is 0 Å². The largest absolute Gasteiger partial charge is 0.544 e. The lowest BCUT2D eigenvalue weighted by Crippen LogP contribution is -2.55. The van der Waals surface area contributed by atoms with Gasteiger partial charge in [-0.25, -0.2) is 0 Å². The molecule has 8 nitrogen and oxygen atoms in total. The highest BCUT2D eigenvalue weighted by molar-refractivity contribution is 5.70. The van der Waals surface area contributed by atoms with Crippen LogP contribution in [0.4, 0.5) is 0 Å². The predicted octanol–water partition coefficient (Wildman–Crippen LogP) is 10.6. The Morgan fingerprint density at radius 2 is 0.943 bits per heavy atom. The zero-order valence-corrected chi connectivity index (χ0v) is 35.4. The Morgan fingerprint density at radius 1 is 0.547 bits per heavy atom. The van der Waals surface area contributed by atoms with E-state index in [1.54, 1.807) is 21.1 Å². The van der Waals surface area contributed by atoms with Crippen molar-refractivity contribution in [2.45, 2.75) is 219 Å². The van der Waals surface area contributed by atoms with Crippen molar-refractivity contribution in [2.75, 3.05) is 41.0 Å². The van der Waals surface area contributed by atoms with Crippen molar-refractivity contribution in [1.82, 2.24) is 0 Å². The number of carbonyl (C=O) groups excluding carboxylic acids is 3. The molecule has 2 unspecified atom stereocenters. The van der Waals surface area contributed by atoms with E-state index < -0.39 is 18.1 Å². The van der Waals surface area contributed by atoms with Gasteiger partial charge in [-0.2, -0.15) is 0 Å². The average molecular weight is 752 g/mol. The number of quaternary nitrogens is 1. The van der Waals surface area contributed by atoms with Gasteiger partial charge in [0.25, 0.3) is 0 Å². The summed E-state index contributed by atoms with van der Waals surface area (Å²) < 4.78 is 17.1. The second kappa shape index (κ2) is 37.0. The lowest BCUT2D eigenvalue weighted by atomic mass is 10.1. The highest BCUT2D eigenvalue weighted by atomic mass is 16.6. The standard InChI is InChI=1S/C45H85NO7/c1-6-8-10-12-14-16-18-19-20-21-22-23-24-25-26-28-29-31-33-35-43(47)52-40-41(39-51-38-37-42(45(49)50)46(3,4)5)53-44(48)36-34-32-30-27-17-15-13-11-9-7-2/h21-22,41-42H,6-20,23-40H2,1-5H3/b22-21+. The first-order valence-electron chi connectivity index (χ1n) is 22.2. The molecule has 0 rings (SSSR count). The van der Waals surface area contributed by atoms with Gasteiger partial charge in [0.05, 0.1) is 40.3 Å². The maximum absolute atomic E-state index is 12.6. The minimum atomic E-state index is -1.12. The first-order chi connectivity index (χ1) is 25.6. The minimum absolute atomic E-state index is 0.0447. The second-order valence-electron chi connectivity index (χ2n) is 16.3. The number of hydrogen-bond donors (Lipinski definition) is 0. The molecule has 0 aliphatic carbocycles. The van der Waals surface area contributed by atoms with Gasteiger partial charge in [0.1, 0.15) is 12.6 Å². The molecule has 0 fully saturated rings. The van der Waals surface area contributed by atoms with E-state index in [4.69, 9.17) is 14.2 Å². The number of esters is 2. The molecule has 0 aliphatic heterocycles. The second-order valence-corrected chi connectivity index (χ2v) is 16.3. The van der Waals surface area contributed by atoms with Crippen molar-refractivity contribution in [1.29, 1.82) is 0 Å². The lowest BCUT2D eigenvalue weighted by molar-refractivity contribution is -0.889. The number of likely N-dealkylation sites (N-methyl/N-ethyl adjacent to an activating group) is 1. The Balaban J connectivity index is 4.24. The molecular weight excluding hydrogens is 666 g/mol. The van der Waals surface area contributed by atoms with Gasteiger partial charge in [0, 0.05) is 19.3 Å². The normalized spacial score (nSPS) is 13.0. The van der Waals surface area contributed by atoms with E-state index >= 15 is 0 Å². The highest BCUT2D eigenvalue weighted by Crippen LogP contribution is 2.15. The first-order valence-corrected chi connectivity index (χ1v) is 22.2. The molecule has 0 saturated carbocycles. The zero-order valence-electron chi connectivity index (χ0n) is 35.4. The zero-order chi connectivity index (χ0) is 39.3. The van der Waals surface area contributed by atoms with Gasteiger partial charge in [-0.1, -0.05) is 161 Å². The average Bonchev–Trinajstić information content (AvgIpc) is 3.11. The van der Waals surface area contributed by atoms with E-state index in [2.05, 4.69) is 26.0 Å². The third kappa shape index (κ3) is 35.5. The van der Waals surface area contributed by atoms with Crippen LogP contribution in [0.1, 0.15) is 206 Å². The van der Waals surface area contributed by atoms with Crippen LogP contribution in [0.15, 0.2) is 12.2 Å². The smallest absolute Gasteiger partial charge is 0.306 e. The van der Waals surface area contributed by atoms with Crippen molar-refractivity contribution < 1.29 is 38.2 Å². The summed E-state index contributed by atoms with van der Waals surface area (Å²) >= 11 is 0. The Kier molecular flexibility index (Phi) is 35.7. The van der Waals surface area contributed by atoms with E-state index in [-0.39, 0.29) is 42.7 Å². The van der Waals surface area contributed by atoms with Crippen LogP contribution in [0.5, 0.6) is 0 Å². The third-order valence-electron chi connectivity index (χ3n) is 10.2. The van der Waals surface area contributed by atoms with Gasteiger partial charge >= 0.3 is 11.9 Å². The molecule has 0 saturated heterocycles. The molecular formula is C45H85NO7. The summed E-state index contributed by atoms with van der Waals surface area (Å²) in [7, 11) is 5.41. The van der Waals surface area contributed by atoms with Crippen LogP contribution < -0.4 is 5.11 Å². The molecule has 2 atom stereocenters. The molecule has 0 bridgehead atoms. The number of carboxylic acid groups (broad SMARTS) is 1. The minimum Gasteiger partial charge on any atom is -0.544 e. The molecule has 0 aromatic heterocycles. The number of unbranched alkanes of at least 4 members (excludes halogenated alkanes) is 24. The van der Waals surface area contributed by atoms with Crippen molar-refractivity contribution in [3.63, 3.8) is 0 Å². The molecule has 0 spiro atoms. The lowest BCUT2D eigenvalue weighted by Gasteiger charge is -2.34. The van der Waals surface area contributed by atoms with Crippen molar-refractivity contribution in [3.8, 4) is 0 Å². The van der Waals surface area contributed by atoms with Gasteiger partial charge in [0.2, 0.25) is 0 Å². The molecule has 0 aromatic carbocycles. The van der Waals surface area contributed by atoms with Gasteiger partial charge in [-0.05, 0) is 38.5 Å². The molecule has 53 heavy (non-hydrogen) atoms. The number of aliphatic carboxylic acids is 1. The van der Waals surface area contributed by atoms with E-state index in [9.17, 15) is 19.5 Å². The fraction of sp³-hybridized carbons (Fsp3) is 0.889. The predicted molar refractivity (Wildman–Crippen MR) is 217 cm³/mol. The van der Waals surface area contributed by atoms with Gasteiger partial charge < -0.3 is 28.6 Å². The highest BCUT2D eigenvalue weighted by Gasteiger charge is 2.25. The van der Waals surface area contributed by atoms with Crippen LogP contribution in [0, 0.1) is 0 Å². The summed E-state index contributed by atoms with van der Waals surface area (Å²) in [5, 5.41) is 11.6. The topological polar surface area (TPSA) is 102 Å². The van der Waals surface area contributed by atoms with Crippen LogP contribution in [0.25, 0.3) is 0 Å². The fourth-order valence-electron chi connectivity index (χ4n) is 6.65. The van der Waals surface area contributed by atoms with E-state index in [1.165, 1.54) is 135 Å². The van der Waals surface area contributed by atoms with Crippen molar-refractivity contribution in [2.24, 2.45) is 0 Å². The Hall–Kier alpha value is -1.93. The fourth-order valence-corrected chi connectivity index (χ4v) is 6.65. The maximum Gasteiger partial charge on any atom is 0.306 e. The van der Waals surface area contributed by atoms with Gasteiger partial charge in [-0.3, -0.25) is 9.59 Å². The number of rotatable bonds is 40. The monoisotopic (exact) mass is 752 g/mol. The van der Waals surface area contributed by atoms with Crippen LogP contribution in [0.3, 0.4) is 0 Å². The molecule has 0 aromatic rings. The number of carbonyl (C=O) groups is 3. The summed E-state index contributed by atoms with van der Waals surface area (Å²) in [6.07, 6.45) is 38.1. The van der Waals surface area contributed by atoms with Crippen LogP contribution in [-0.4, -0.2) is 75.5 Å². The SMILES string of the molecule is CCCCCCCCCC/C=C/CCCCCCCCCC(=O)OCC(COCCC(C(=O)[O-])[N+](C)(C)C)OC(=O)CCCCCCCCCCCC. The molecule has 0 amide bonds. The van der Waals surface area contributed by atoms with Gasteiger partial charge in [0.15, 0.2) is 6.10 Å². The summed E-state index contributed by atoms with van der Waals surface area (Å²) in [5.41, 5.74) is 0. The summed E-state index contributed by atoms with van der Waals surface area (Å²) in [6.45, 7) is 4.66. The summed E-state index contributed by atoms with van der Waals surface area (Å²) in [4.78, 5) is 36.7. The number of hydrogen-bond acceptors (Lipinski definition) is 7. The summed E-state index contributed by atoms with van der Waals surface area (Å²) in [5.74, 6) is -1.73. The number of carboxylic acids is 1. The Bertz CT molecular complexity index is 885. The van der Waals surface area contributed by atoms with E-state index in [0.29, 0.717) is 12.8 Å². The Labute approximate surface area is 327 Å². The maximum atomic E-state index is 12.6. The Morgan fingerprint density at radius 3 is 1.36 bits per heavy atom. The summed E-state index contributed by atoms with van der Waals surface area (Å²) in [6, 6.07) is -0.721. The van der Waals surface area contributed by atoms with Gasteiger partial charge in [-0.15, -0.1) is 0 Å². The number of ether oxygens (including phenoxy) is 3. The number of nitrogens with zero attached hydrogens (tertiary/aromatic N) is 1. The quantitative estimate of drug-likeness (QED) is 0.0266. The molecule has 0 heterocycles. The van der Waals surface area contributed by atoms with Crippen LogP contribution in [0.2, 0.25) is 0 Å². The first kappa shape index (κ1) is 51.1. The van der Waals surface area contributed by atoms with E-state index in [0.717, 1.165) is 38.5 Å². The van der Waals surface area contributed by atoms with Crippen molar-refractivity contribution >= 4 is 17.9 Å². The van der Waals surface area contributed by atoms with E-state index in [1.807, 2.05) is 0 Å². The van der Waals surface area contributed by atoms with Crippen molar-refractivity contribution in [3.05, 3.63) is 12.2 Å². The molecule has 0 radical (unpaired) electrons. The molecule has 0 N–H and O–H groups in total. The molecule has 312 valence electrons. The number of allylic oxidation sites excluding steroid dienone is 2. The molecule has 8 heteroatoms.